The quantitative estimate of drug-likeness (QED) is 0.591. The molecule has 0 unspecified atom stereocenters. The van der Waals surface area contributed by atoms with E-state index in [0.29, 0.717) is 19.6 Å². The summed E-state index contributed by atoms with van der Waals surface area (Å²) < 4.78 is 9.38. The van der Waals surface area contributed by atoms with Crippen LogP contribution in [0.25, 0.3) is 11.2 Å². The SMILES string of the molecule is Cc1cccc(OCCCNC(=O)Cn2cnc3c2c(=O)n(C)c(=O)n3C)c1. The van der Waals surface area contributed by atoms with Gasteiger partial charge in [-0.15, -0.1) is 0 Å². The topological polar surface area (TPSA) is 100 Å². The van der Waals surface area contributed by atoms with Crippen LogP contribution in [0, 0.1) is 6.92 Å². The molecular weight excluding hydrogens is 362 g/mol. The number of carbonyl (C=O) groups excluding carboxylic acids is 1. The van der Waals surface area contributed by atoms with Crippen LogP contribution in [0.15, 0.2) is 40.2 Å². The third-order valence-corrected chi connectivity index (χ3v) is 4.43. The molecule has 0 radical (unpaired) electrons. The van der Waals surface area contributed by atoms with Crippen LogP contribution in [0.3, 0.4) is 0 Å². The summed E-state index contributed by atoms with van der Waals surface area (Å²) in [7, 11) is 2.94. The summed E-state index contributed by atoms with van der Waals surface area (Å²) >= 11 is 0. The number of imidazole rings is 1. The van der Waals surface area contributed by atoms with Gasteiger partial charge in [-0.2, -0.15) is 0 Å². The number of benzene rings is 1. The van der Waals surface area contributed by atoms with Crippen LogP contribution in [-0.4, -0.2) is 37.7 Å². The lowest BCUT2D eigenvalue weighted by molar-refractivity contribution is -0.121. The monoisotopic (exact) mass is 385 g/mol. The highest BCUT2D eigenvalue weighted by molar-refractivity contribution is 5.78. The van der Waals surface area contributed by atoms with Gasteiger partial charge in [-0.25, -0.2) is 9.78 Å². The number of nitrogens with one attached hydrogen (secondary N) is 1. The van der Waals surface area contributed by atoms with Crippen LogP contribution in [0.1, 0.15) is 12.0 Å². The lowest BCUT2D eigenvalue weighted by Crippen LogP contribution is -2.38. The third kappa shape index (κ3) is 3.98. The van der Waals surface area contributed by atoms with Gasteiger partial charge >= 0.3 is 5.69 Å². The van der Waals surface area contributed by atoms with Gasteiger partial charge in [0.2, 0.25) is 5.91 Å². The van der Waals surface area contributed by atoms with Gasteiger partial charge in [-0.3, -0.25) is 18.7 Å². The van der Waals surface area contributed by atoms with Gasteiger partial charge in [0, 0.05) is 20.6 Å². The van der Waals surface area contributed by atoms with Crippen molar-refractivity contribution >= 4 is 17.1 Å². The molecule has 0 bridgehead atoms. The first kappa shape index (κ1) is 19.4. The van der Waals surface area contributed by atoms with Crippen LogP contribution in [0.5, 0.6) is 5.75 Å². The first-order valence-electron chi connectivity index (χ1n) is 8.95. The number of amides is 1. The minimum atomic E-state index is -0.477. The molecule has 3 aromatic rings. The lowest BCUT2D eigenvalue weighted by Gasteiger charge is -2.09. The first-order valence-corrected chi connectivity index (χ1v) is 8.95. The fourth-order valence-electron chi connectivity index (χ4n) is 2.92. The van der Waals surface area contributed by atoms with E-state index in [-0.39, 0.29) is 23.6 Å². The standard InChI is InChI=1S/C19H23N5O4/c1-13-6-4-7-14(10-13)28-9-5-8-20-15(25)11-24-12-21-17-16(24)18(26)23(3)19(27)22(17)2/h4,6-7,10,12H,5,8-9,11H2,1-3H3,(H,20,25). The fourth-order valence-corrected chi connectivity index (χ4v) is 2.92. The number of rotatable bonds is 7. The summed E-state index contributed by atoms with van der Waals surface area (Å²) in [5.41, 5.74) is 0.674. The van der Waals surface area contributed by atoms with E-state index in [9.17, 15) is 14.4 Å². The minimum Gasteiger partial charge on any atom is -0.494 e. The van der Waals surface area contributed by atoms with Crippen molar-refractivity contribution in [2.24, 2.45) is 14.1 Å². The third-order valence-electron chi connectivity index (χ3n) is 4.43. The van der Waals surface area contributed by atoms with Gasteiger partial charge < -0.3 is 14.6 Å². The molecule has 0 saturated heterocycles. The van der Waals surface area contributed by atoms with Crippen molar-refractivity contribution in [1.82, 2.24) is 24.0 Å². The van der Waals surface area contributed by atoms with Crippen molar-refractivity contribution in [2.75, 3.05) is 13.2 Å². The van der Waals surface area contributed by atoms with E-state index in [1.807, 2.05) is 31.2 Å². The highest BCUT2D eigenvalue weighted by Crippen LogP contribution is 2.12. The van der Waals surface area contributed by atoms with Crippen molar-refractivity contribution in [2.45, 2.75) is 19.9 Å². The molecular formula is C19H23N5O4. The molecule has 0 saturated carbocycles. The Hall–Kier alpha value is -3.36. The van der Waals surface area contributed by atoms with E-state index in [1.54, 1.807) is 0 Å². The Bertz CT molecular complexity index is 1130. The lowest BCUT2D eigenvalue weighted by atomic mass is 10.2. The normalized spacial score (nSPS) is 11.0. The number of fused-ring (bicyclic) bond motifs is 1. The summed E-state index contributed by atoms with van der Waals surface area (Å²) in [6.07, 6.45) is 2.05. The fraction of sp³-hybridized carbons (Fsp3) is 0.368. The van der Waals surface area contributed by atoms with Crippen molar-refractivity contribution in [3.05, 3.63) is 57.0 Å². The van der Waals surface area contributed by atoms with Crippen LogP contribution >= 0.6 is 0 Å². The number of aryl methyl sites for hydroxylation is 2. The summed E-state index contributed by atoms with van der Waals surface area (Å²) in [6, 6.07) is 7.78. The van der Waals surface area contributed by atoms with Crippen molar-refractivity contribution in [3.8, 4) is 5.75 Å². The molecule has 9 heteroatoms. The van der Waals surface area contributed by atoms with Crippen molar-refractivity contribution in [3.63, 3.8) is 0 Å². The largest absolute Gasteiger partial charge is 0.494 e. The van der Waals surface area contributed by atoms with Crippen LogP contribution in [0.4, 0.5) is 0 Å². The van der Waals surface area contributed by atoms with Gasteiger partial charge in [0.15, 0.2) is 11.2 Å². The van der Waals surface area contributed by atoms with Crippen molar-refractivity contribution < 1.29 is 9.53 Å². The molecule has 0 aliphatic carbocycles. The van der Waals surface area contributed by atoms with E-state index in [2.05, 4.69) is 10.3 Å². The summed E-state index contributed by atoms with van der Waals surface area (Å²) in [5, 5.41) is 2.80. The van der Waals surface area contributed by atoms with Gasteiger partial charge in [-0.1, -0.05) is 12.1 Å². The van der Waals surface area contributed by atoms with Gasteiger partial charge in [-0.05, 0) is 31.0 Å². The molecule has 0 aliphatic heterocycles. The molecule has 28 heavy (non-hydrogen) atoms. The Morgan fingerprint density at radius 3 is 2.75 bits per heavy atom. The molecule has 0 aliphatic rings. The second-order valence-electron chi connectivity index (χ2n) is 6.62. The maximum absolute atomic E-state index is 12.4. The number of hydrogen-bond donors (Lipinski definition) is 1. The molecule has 1 aromatic carbocycles. The molecule has 148 valence electrons. The Morgan fingerprint density at radius 2 is 2.00 bits per heavy atom. The Kier molecular flexibility index (Phi) is 5.62. The molecule has 9 nitrogen and oxygen atoms in total. The predicted molar refractivity (Wildman–Crippen MR) is 105 cm³/mol. The summed E-state index contributed by atoms with van der Waals surface area (Å²) in [5.74, 6) is 0.559. The summed E-state index contributed by atoms with van der Waals surface area (Å²) in [6.45, 7) is 2.88. The number of aromatic nitrogens is 4. The molecule has 3 rings (SSSR count). The van der Waals surface area contributed by atoms with E-state index in [1.165, 1.54) is 29.6 Å². The van der Waals surface area contributed by atoms with Crippen LogP contribution < -0.4 is 21.3 Å². The number of hydrogen-bond acceptors (Lipinski definition) is 5. The molecule has 0 fully saturated rings. The second-order valence-corrected chi connectivity index (χ2v) is 6.62. The maximum atomic E-state index is 12.4. The summed E-state index contributed by atoms with van der Waals surface area (Å²) in [4.78, 5) is 40.6. The van der Waals surface area contributed by atoms with Crippen molar-refractivity contribution in [1.29, 1.82) is 0 Å². The second kappa shape index (κ2) is 8.12. The van der Waals surface area contributed by atoms with Gasteiger partial charge in [0.25, 0.3) is 5.56 Å². The zero-order chi connectivity index (χ0) is 20.3. The molecule has 2 heterocycles. The Labute approximate surface area is 161 Å². The maximum Gasteiger partial charge on any atom is 0.332 e. The zero-order valence-corrected chi connectivity index (χ0v) is 16.1. The highest BCUT2D eigenvalue weighted by atomic mass is 16.5. The Morgan fingerprint density at radius 1 is 1.21 bits per heavy atom. The molecule has 0 spiro atoms. The molecule has 0 atom stereocenters. The Balaban J connectivity index is 1.55. The zero-order valence-electron chi connectivity index (χ0n) is 16.1. The molecule has 1 amide bonds. The van der Waals surface area contributed by atoms with Gasteiger partial charge in [0.1, 0.15) is 12.3 Å². The van der Waals surface area contributed by atoms with E-state index < -0.39 is 11.2 Å². The van der Waals surface area contributed by atoms with E-state index in [0.717, 1.165) is 15.9 Å². The number of carbonyl (C=O) groups is 1. The number of ether oxygens (including phenoxy) is 1. The highest BCUT2D eigenvalue weighted by Gasteiger charge is 2.15. The van der Waals surface area contributed by atoms with E-state index >= 15 is 0 Å². The molecule has 2 aromatic heterocycles. The van der Waals surface area contributed by atoms with E-state index in [4.69, 9.17) is 4.74 Å². The molecule has 1 N–H and O–H groups in total. The van der Waals surface area contributed by atoms with Gasteiger partial charge in [0.05, 0.1) is 12.9 Å². The number of nitrogens with zero attached hydrogens (tertiary/aromatic N) is 4. The minimum absolute atomic E-state index is 0.0529. The predicted octanol–water partition coefficient (Wildman–Crippen LogP) is 0.327. The van der Waals surface area contributed by atoms with Crippen LogP contribution in [-0.2, 0) is 25.4 Å². The first-order chi connectivity index (χ1) is 13.4. The average molecular weight is 385 g/mol. The average Bonchev–Trinajstić information content (AvgIpc) is 3.08. The smallest absolute Gasteiger partial charge is 0.332 e. The van der Waals surface area contributed by atoms with Crippen LogP contribution in [0.2, 0.25) is 0 Å².